The summed E-state index contributed by atoms with van der Waals surface area (Å²) in [6.45, 7) is 3.73. The van der Waals surface area contributed by atoms with Crippen LogP contribution in [-0.4, -0.2) is 39.0 Å². The van der Waals surface area contributed by atoms with Crippen LogP contribution in [0.4, 0.5) is 0 Å². The highest BCUT2D eigenvalue weighted by molar-refractivity contribution is 7.99. The molecule has 1 atom stereocenters. The number of rotatable bonds is 6. The molecule has 1 rings (SSSR count). The van der Waals surface area contributed by atoms with E-state index in [-0.39, 0.29) is 11.7 Å². The lowest BCUT2D eigenvalue weighted by Gasteiger charge is -2.14. The van der Waals surface area contributed by atoms with Crippen LogP contribution >= 0.6 is 11.8 Å². The van der Waals surface area contributed by atoms with Crippen LogP contribution in [0.15, 0.2) is 17.6 Å². The summed E-state index contributed by atoms with van der Waals surface area (Å²) in [5.74, 6) is -1.37. The highest BCUT2D eigenvalue weighted by Gasteiger charge is 2.19. The maximum absolute atomic E-state index is 11.5. The minimum atomic E-state index is -0.923. The highest BCUT2D eigenvalue weighted by Crippen LogP contribution is 2.20. The van der Waals surface area contributed by atoms with E-state index in [4.69, 9.17) is 9.84 Å². The van der Waals surface area contributed by atoms with Gasteiger partial charge in [0.1, 0.15) is 6.04 Å². The molecule has 1 aromatic heterocycles. The summed E-state index contributed by atoms with van der Waals surface area (Å²) in [6.07, 6.45) is 3.16. The Bertz CT molecular complexity index is 405. The third-order valence-electron chi connectivity index (χ3n) is 2.00. The number of carboxylic acid groups (broad SMARTS) is 1. The maximum Gasteiger partial charge on any atom is 0.328 e. The predicted molar refractivity (Wildman–Crippen MR) is 61.9 cm³/mol. The van der Waals surface area contributed by atoms with Crippen molar-refractivity contribution in [3.63, 3.8) is 0 Å². The lowest BCUT2D eigenvalue weighted by atomic mass is 10.3. The first-order valence-electron chi connectivity index (χ1n) is 5.10. The zero-order chi connectivity index (χ0) is 12.8. The van der Waals surface area contributed by atoms with Crippen LogP contribution in [0.25, 0.3) is 0 Å². The number of carbonyl (C=O) groups is 2. The fourth-order valence-corrected chi connectivity index (χ4v) is 1.96. The molecule has 17 heavy (non-hydrogen) atoms. The van der Waals surface area contributed by atoms with Gasteiger partial charge >= 0.3 is 11.9 Å². The average molecular weight is 258 g/mol. The Labute approximate surface area is 103 Å². The summed E-state index contributed by atoms with van der Waals surface area (Å²) in [5, 5.41) is 9.08. The Morgan fingerprint density at radius 1 is 1.65 bits per heavy atom. The van der Waals surface area contributed by atoms with Gasteiger partial charge in [-0.25, -0.2) is 9.78 Å². The van der Waals surface area contributed by atoms with E-state index in [1.165, 1.54) is 6.20 Å². The van der Waals surface area contributed by atoms with Gasteiger partial charge < -0.3 is 14.4 Å². The smallest absolute Gasteiger partial charge is 0.328 e. The Morgan fingerprint density at radius 3 is 2.94 bits per heavy atom. The van der Waals surface area contributed by atoms with E-state index in [1.807, 2.05) is 0 Å². The summed E-state index contributed by atoms with van der Waals surface area (Å²) in [5.41, 5.74) is 0. The van der Waals surface area contributed by atoms with Crippen LogP contribution in [0, 0.1) is 0 Å². The number of aromatic nitrogens is 2. The molecule has 0 aliphatic carbocycles. The van der Waals surface area contributed by atoms with Crippen LogP contribution in [-0.2, 0) is 14.3 Å². The topological polar surface area (TPSA) is 81.4 Å². The number of hydrogen-bond donors (Lipinski definition) is 1. The van der Waals surface area contributed by atoms with Gasteiger partial charge in [0.05, 0.1) is 12.4 Å². The molecule has 94 valence electrons. The van der Waals surface area contributed by atoms with Crippen LogP contribution in [0.2, 0.25) is 0 Å². The molecule has 0 aliphatic heterocycles. The van der Waals surface area contributed by atoms with Crippen LogP contribution < -0.4 is 0 Å². The van der Waals surface area contributed by atoms with Gasteiger partial charge in [0.25, 0.3) is 0 Å². The molecule has 1 unspecified atom stereocenters. The number of aliphatic carboxylic acids is 1. The monoisotopic (exact) mass is 258 g/mol. The first kappa shape index (κ1) is 13.6. The predicted octanol–water partition coefficient (Wildman–Crippen LogP) is 1.18. The van der Waals surface area contributed by atoms with Crippen molar-refractivity contribution in [1.29, 1.82) is 0 Å². The first-order chi connectivity index (χ1) is 8.06. The largest absolute Gasteiger partial charge is 0.481 e. The fourth-order valence-electron chi connectivity index (χ4n) is 1.21. The van der Waals surface area contributed by atoms with Crippen molar-refractivity contribution < 1.29 is 19.4 Å². The third kappa shape index (κ3) is 3.77. The Kier molecular flexibility index (Phi) is 5.02. The highest BCUT2D eigenvalue weighted by atomic mass is 32.2. The van der Waals surface area contributed by atoms with Gasteiger partial charge in [-0.05, 0) is 13.8 Å². The number of imidazole rings is 1. The van der Waals surface area contributed by atoms with Crippen LogP contribution in [0.3, 0.4) is 0 Å². The van der Waals surface area contributed by atoms with Crippen LogP contribution in [0.5, 0.6) is 0 Å². The minimum absolute atomic E-state index is 0.0907. The number of nitrogens with zero attached hydrogens (tertiary/aromatic N) is 2. The number of ether oxygens (including phenoxy) is 1. The second-order valence-electron chi connectivity index (χ2n) is 3.23. The average Bonchev–Trinajstić information content (AvgIpc) is 2.73. The molecule has 0 saturated heterocycles. The van der Waals surface area contributed by atoms with Gasteiger partial charge in [0.15, 0.2) is 5.16 Å². The van der Waals surface area contributed by atoms with Gasteiger partial charge in [0, 0.05) is 12.4 Å². The van der Waals surface area contributed by atoms with E-state index < -0.39 is 12.0 Å². The van der Waals surface area contributed by atoms with E-state index in [1.54, 1.807) is 24.6 Å². The number of carbonyl (C=O) groups excluding carboxylic acids is 1. The van der Waals surface area contributed by atoms with E-state index in [9.17, 15) is 9.59 Å². The summed E-state index contributed by atoms with van der Waals surface area (Å²) < 4.78 is 6.50. The zero-order valence-electron chi connectivity index (χ0n) is 9.62. The molecular weight excluding hydrogens is 244 g/mol. The molecule has 0 spiro atoms. The lowest BCUT2D eigenvalue weighted by Crippen LogP contribution is -2.19. The van der Waals surface area contributed by atoms with Crippen molar-refractivity contribution in [2.75, 3.05) is 12.4 Å². The standard InChI is InChI=1S/C10H14N2O4S/c1-3-16-9(15)7(2)12-5-4-11-10(12)17-6-8(13)14/h4-5,7H,3,6H2,1-2H3,(H,13,14). The van der Waals surface area contributed by atoms with Crippen LogP contribution in [0.1, 0.15) is 19.9 Å². The van der Waals surface area contributed by atoms with Gasteiger partial charge in [-0.15, -0.1) is 0 Å². The molecule has 0 aromatic carbocycles. The number of hydrogen-bond acceptors (Lipinski definition) is 5. The molecule has 0 aliphatic rings. The van der Waals surface area contributed by atoms with Crippen molar-refractivity contribution in [3.8, 4) is 0 Å². The molecule has 0 bridgehead atoms. The molecular formula is C10H14N2O4S. The van der Waals surface area contributed by atoms with Crippen molar-refractivity contribution in [1.82, 2.24) is 9.55 Å². The van der Waals surface area contributed by atoms with Gasteiger partial charge in [-0.3, -0.25) is 4.79 Å². The van der Waals surface area contributed by atoms with E-state index in [0.29, 0.717) is 11.8 Å². The molecule has 6 nitrogen and oxygen atoms in total. The Hall–Kier alpha value is -1.50. The summed E-state index contributed by atoms with van der Waals surface area (Å²) >= 11 is 1.07. The third-order valence-corrected chi connectivity index (χ3v) is 2.97. The van der Waals surface area contributed by atoms with Gasteiger partial charge in [0.2, 0.25) is 0 Å². The Balaban J connectivity index is 2.73. The molecule has 0 radical (unpaired) electrons. The second kappa shape index (κ2) is 6.29. The Morgan fingerprint density at radius 2 is 2.35 bits per heavy atom. The van der Waals surface area contributed by atoms with Crippen molar-refractivity contribution in [2.45, 2.75) is 25.0 Å². The number of thioether (sulfide) groups is 1. The minimum Gasteiger partial charge on any atom is -0.481 e. The van der Waals surface area contributed by atoms with Gasteiger partial charge in [-0.2, -0.15) is 0 Å². The normalized spacial score (nSPS) is 12.1. The van der Waals surface area contributed by atoms with E-state index >= 15 is 0 Å². The van der Waals surface area contributed by atoms with E-state index in [2.05, 4.69) is 4.98 Å². The molecule has 1 aromatic rings. The quantitative estimate of drug-likeness (QED) is 0.609. The molecule has 0 fully saturated rings. The number of carboxylic acids is 1. The second-order valence-corrected chi connectivity index (χ2v) is 4.17. The molecule has 1 N–H and O–H groups in total. The van der Waals surface area contributed by atoms with Crippen molar-refractivity contribution in [2.24, 2.45) is 0 Å². The maximum atomic E-state index is 11.5. The number of esters is 1. The molecule has 0 saturated carbocycles. The van der Waals surface area contributed by atoms with Crippen molar-refractivity contribution >= 4 is 23.7 Å². The zero-order valence-corrected chi connectivity index (χ0v) is 10.4. The summed E-state index contributed by atoms with van der Waals surface area (Å²) in [7, 11) is 0. The van der Waals surface area contributed by atoms with E-state index in [0.717, 1.165) is 11.8 Å². The molecule has 1 heterocycles. The first-order valence-corrected chi connectivity index (χ1v) is 6.08. The van der Waals surface area contributed by atoms with Gasteiger partial charge in [-0.1, -0.05) is 11.8 Å². The fraction of sp³-hybridized carbons (Fsp3) is 0.500. The lowest BCUT2D eigenvalue weighted by molar-refractivity contribution is -0.146. The molecule has 7 heteroatoms. The molecule has 0 amide bonds. The SMILES string of the molecule is CCOC(=O)C(C)n1ccnc1SCC(=O)O. The summed E-state index contributed by atoms with van der Waals surface area (Å²) in [4.78, 5) is 26.0. The summed E-state index contributed by atoms with van der Waals surface area (Å²) in [6, 6.07) is -0.506. The van der Waals surface area contributed by atoms with Crippen molar-refractivity contribution in [3.05, 3.63) is 12.4 Å².